The third kappa shape index (κ3) is 0.959. The van der Waals surface area contributed by atoms with Crippen molar-refractivity contribution in [2.75, 3.05) is 0 Å². The van der Waals surface area contributed by atoms with Crippen molar-refractivity contribution >= 4 is 5.97 Å². The monoisotopic (exact) mass is 154 g/mol. The normalized spacial score (nSPS) is 42.3. The lowest BCUT2D eigenvalue weighted by atomic mass is 9.90. The Hall–Kier alpha value is -0.530. The predicted molar refractivity (Wildman–Crippen MR) is 41.0 cm³/mol. The highest BCUT2D eigenvalue weighted by Gasteiger charge is 2.45. The maximum absolute atomic E-state index is 11.2. The van der Waals surface area contributed by atoms with E-state index in [0.717, 1.165) is 12.8 Å². The number of carbonyl (C=O) groups excluding carboxylic acids is 1. The Balaban J connectivity index is 2.13. The molecule has 0 aromatic rings. The van der Waals surface area contributed by atoms with Crippen LogP contribution in [0.25, 0.3) is 0 Å². The summed E-state index contributed by atoms with van der Waals surface area (Å²) in [6, 6.07) is 0. The summed E-state index contributed by atoms with van der Waals surface area (Å²) in [6.45, 7) is 2.08. The molecule has 1 saturated heterocycles. The molecule has 3 atom stereocenters. The van der Waals surface area contributed by atoms with Gasteiger partial charge in [0.15, 0.2) is 0 Å². The lowest BCUT2D eigenvalue weighted by Gasteiger charge is -2.09. The molecule has 0 aromatic carbocycles. The van der Waals surface area contributed by atoms with Gasteiger partial charge in [-0.3, -0.25) is 4.79 Å². The van der Waals surface area contributed by atoms with Crippen molar-refractivity contribution < 1.29 is 9.53 Å². The van der Waals surface area contributed by atoms with E-state index >= 15 is 0 Å². The summed E-state index contributed by atoms with van der Waals surface area (Å²) in [6.07, 6.45) is 4.80. The molecule has 2 aliphatic rings. The zero-order valence-electron chi connectivity index (χ0n) is 6.88. The minimum atomic E-state index is 0.0576. The van der Waals surface area contributed by atoms with Gasteiger partial charge in [-0.1, -0.05) is 6.92 Å². The number of esters is 1. The second-order valence-corrected chi connectivity index (χ2v) is 3.58. The molecule has 0 spiro atoms. The first kappa shape index (κ1) is 7.14. The van der Waals surface area contributed by atoms with Crippen LogP contribution in [0.15, 0.2) is 0 Å². The van der Waals surface area contributed by atoms with Crippen LogP contribution in [0, 0.1) is 11.8 Å². The lowest BCUT2D eigenvalue weighted by Crippen LogP contribution is -2.14. The van der Waals surface area contributed by atoms with Crippen molar-refractivity contribution in [3.8, 4) is 0 Å². The van der Waals surface area contributed by atoms with Crippen LogP contribution in [0.3, 0.4) is 0 Å². The molecule has 0 bridgehead atoms. The molecule has 1 aliphatic carbocycles. The Morgan fingerprint density at radius 1 is 1.55 bits per heavy atom. The van der Waals surface area contributed by atoms with E-state index in [0.29, 0.717) is 5.92 Å². The summed E-state index contributed by atoms with van der Waals surface area (Å²) < 4.78 is 5.25. The second-order valence-electron chi connectivity index (χ2n) is 3.58. The van der Waals surface area contributed by atoms with Gasteiger partial charge in [0.1, 0.15) is 6.10 Å². The van der Waals surface area contributed by atoms with Crippen molar-refractivity contribution in [2.24, 2.45) is 11.8 Å². The highest BCUT2D eigenvalue weighted by Crippen LogP contribution is 2.41. The molecular weight excluding hydrogens is 140 g/mol. The van der Waals surface area contributed by atoms with E-state index < -0.39 is 0 Å². The largest absolute Gasteiger partial charge is 0.462 e. The maximum atomic E-state index is 11.2. The van der Waals surface area contributed by atoms with Crippen LogP contribution < -0.4 is 0 Å². The fraction of sp³-hybridized carbons (Fsp3) is 0.889. The number of carbonyl (C=O) groups is 1. The summed E-state index contributed by atoms with van der Waals surface area (Å²) >= 11 is 0. The predicted octanol–water partition coefficient (Wildman–Crippen LogP) is 1.74. The van der Waals surface area contributed by atoms with E-state index in [9.17, 15) is 4.79 Å². The van der Waals surface area contributed by atoms with E-state index in [2.05, 4.69) is 6.92 Å². The Morgan fingerprint density at radius 2 is 2.36 bits per heavy atom. The Labute approximate surface area is 66.9 Å². The fourth-order valence-corrected chi connectivity index (χ4v) is 2.44. The summed E-state index contributed by atoms with van der Waals surface area (Å²) in [5.41, 5.74) is 0. The van der Waals surface area contributed by atoms with Crippen molar-refractivity contribution in [2.45, 2.75) is 38.7 Å². The number of ether oxygens (including phenoxy) is 1. The molecule has 0 aromatic heterocycles. The van der Waals surface area contributed by atoms with Crippen LogP contribution >= 0.6 is 0 Å². The van der Waals surface area contributed by atoms with Gasteiger partial charge in [0.2, 0.25) is 0 Å². The molecule has 62 valence electrons. The molecule has 2 heteroatoms. The first-order valence-electron chi connectivity index (χ1n) is 4.53. The average molecular weight is 154 g/mol. The quantitative estimate of drug-likeness (QED) is 0.538. The summed E-state index contributed by atoms with van der Waals surface area (Å²) in [5, 5.41) is 0. The van der Waals surface area contributed by atoms with Gasteiger partial charge < -0.3 is 4.74 Å². The Kier molecular flexibility index (Phi) is 1.63. The van der Waals surface area contributed by atoms with Crippen molar-refractivity contribution in [3.05, 3.63) is 0 Å². The van der Waals surface area contributed by atoms with Gasteiger partial charge in [-0.05, 0) is 25.7 Å². The van der Waals surface area contributed by atoms with Crippen LogP contribution in [-0.2, 0) is 9.53 Å². The van der Waals surface area contributed by atoms with E-state index in [1.54, 1.807) is 0 Å². The van der Waals surface area contributed by atoms with Gasteiger partial charge >= 0.3 is 5.97 Å². The number of rotatable bonds is 1. The number of hydrogen-bond donors (Lipinski definition) is 0. The van der Waals surface area contributed by atoms with Crippen molar-refractivity contribution in [3.63, 3.8) is 0 Å². The topological polar surface area (TPSA) is 26.3 Å². The van der Waals surface area contributed by atoms with Crippen LogP contribution in [0.4, 0.5) is 0 Å². The third-order valence-corrected chi connectivity index (χ3v) is 3.03. The molecule has 0 amide bonds. The Bertz CT molecular complexity index is 176. The zero-order valence-corrected chi connectivity index (χ0v) is 6.88. The summed E-state index contributed by atoms with van der Waals surface area (Å²) in [4.78, 5) is 11.2. The zero-order chi connectivity index (χ0) is 7.84. The Morgan fingerprint density at radius 3 is 3.09 bits per heavy atom. The fourth-order valence-electron chi connectivity index (χ4n) is 2.44. The number of hydrogen-bond acceptors (Lipinski definition) is 2. The molecule has 1 aliphatic heterocycles. The minimum Gasteiger partial charge on any atom is -0.462 e. The van der Waals surface area contributed by atoms with Crippen LogP contribution in [0.5, 0.6) is 0 Å². The molecular formula is C9H14O2. The van der Waals surface area contributed by atoms with Gasteiger partial charge in [0.25, 0.3) is 0 Å². The molecule has 0 radical (unpaired) electrons. The molecule has 2 fully saturated rings. The summed E-state index contributed by atoms with van der Waals surface area (Å²) in [5.74, 6) is 0.845. The van der Waals surface area contributed by atoms with Crippen molar-refractivity contribution in [1.29, 1.82) is 0 Å². The van der Waals surface area contributed by atoms with Crippen LogP contribution in [0.2, 0.25) is 0 Å². The maximum Gasteiger partial charge on any atom is 0.309 e. The van der Waals surface area contributed by atoms with Gasteiger partial charge in [-0.25, -0.2) is 0 Å². The molecule has 3 unspecified atom stereocenters. The van der Waals surface area contributed by atoms with Gasteiger partial charge in [0.05, 0.1) is 5.92 Å². The SMILES string of the molecule is CCC1C(=O)OC2CCCC21. The van der Waals surface area contributed by atoms with E-state index in [1.165, 1.54) is 12.8 Å². The smallest absolute Gasteiger partial charge is 0.309 e. The highest BCUT2D eigenvalue weighted by atomic mass is 16.6. The van der Waals surface area contributed by atoms with Gasteiger partial charge in [-0.15, -0.1) is 0 Å². The first-order valence-corrected chi connectivity index (χ1v) is 4.53. The molecule has 2 nitrogen and oxygen atoms in total. The highest BCUT2D eigenvalue weighted by molar-refractivity contribution is 5.75. The third-order valence-electron chi connectivity index (χ3n) is 3.03. The standard InChI is InChI=1S/C9H14O2/c1-2-6-7-4-3-5-8(7)11-9(6)10/h6-8H,2-5H2,1H3. The van der Waals surface area contributed by atoms with Gasteiger partial charge in [0, 0.05) is 5.92 Å². The van der Waals surface area contributed by atoms with Crippen molar-refractivity contribution in [1.82, 2.24) is 0 Å². The second kappa shape index (κ2) is 2.50. The lowest BCUT2D eigenvalue weighted by molar-refractivity contribution is -0.144. The van der Waals surface area contributed by atoms with Gasteiger partial charge in [-0.2, -0.15) is 0 Å². The molecule has 1 saturated carbocycles. The van der Waals surface area contributed by atoms with E-state index in [4.69, 9.17) is 4.74 Å². The molecule has 1 heterocycles. The molecule has 0 N–H and O–H groups in total. The number of fused-ring (bicyclic) bond motifs is 1. The molecule has 11 heavy (non-hydrogen) atoms. The summed E-state index contributed by atoms with van der Waals surface area (Å²) in [7, 11) is 0. The van der Waals surface area contributed by atoms with E-state index in [-0.39, 0.29) is 18.0 Å². The van der Waals surface area contributed by atoms with Crippen LogP contribution in [0.1, 0.15) is 32.6 Å². The van der Waals surface area contributed by atoms with E-state index in [1.807, 2.05) is 0 Å². The first-order chi connectivity index (χ1) is 5.33. The van der Waals surface area contributed by atoms with Crippen LogP contribution in [-0.4, -0.2) is 12.1 Å². The minimum absolute atomic E-state index is 0.0576. The average Bonchev–Trinajstić information content (AvgIpc) is 2.46. The molecule has 2 rings (SSSR count).